The van der Waals surface area contributed by atoms with E-state index in [-0.39, 0.29) is 36.6 Å². The van der Waals surface area contributed by atoms with Gasteiger partial charge >= 0.3 is 0 Å². The predicted octanol–water partition coefficient (Wildman–Crippen LogP) is 3.06. The van der Waals surface area contributed by atoms with Gasteiger partial charge in [-0.25, -0.2) is 0 Å². The average molecular weight is 463 g/mol. The Labute approximate surface area is 191 Å². The third-order valence-electron chi connectivity index (χ3n) is 5.11. The maximum absolute atomic E-state index is 12.8. The molecule has 0 bridgehead atoms. The molecule has 2 N–H and O–H groups in total. The molecule has 1 aromatic heterocycles. The summed E-state index contributed by atoms with van der Waals surface area (Å²) in [6.45, 7) is 1.56. The highest BCUT2D eigenvalue weighted by Crippen LogP contribution is 2.25. The van der Waals surface area contributed by atoms with E-state index in [0.29, 0.717) is 41.7 Å². The Morgan fingerprint density at radius 3 is 2.71 bits per heavy atom. The summed E-state index contributed by atoms with van der Waals surface area (Å²) in [4.78, 5) is 42.9. The van der Waals surface area contributed by atoms with Gasteiger partial charge in [-0.3, -0.25) is 19.4 Å². The van der Waals surface area contributed by atoms with Crippen molar-refractivity contribution in [3.8, 4) is 0 Å². The molecule has 0 spiro atoms. The summed E-state index contributed by atoms with van der Waals surface area (Å²) < 4.78 is 0. The van der Waals surface area contributed by atoms with E-state index in [1.54, 1.807) is 41.6 Å². The van der Waals surface area contributed by atoms with Crippen LogP contribution in [0.4, 0.5) is 0 Å². The van der Waals surface area contributed by atoms with E-state index >= 15 is 0 Å². The number of hydrogen-bond donors (Lipinski definition) is 2. The normalized spacial score (nSPS) is 15.9. The molecule has 0 radical (unpaired) electrons. The zero-order chi connectivity index (χ0) is 22.2. The van der Waals surface area contributed by atoms with Crippen LogP contribution in [-0.2, 0) is 16.1 Å². The molecule has 0 aliphatic carbocycles. The summed E-state index contributed by atoms with van der Waals surface area (Å²) in [5.74, 6) is -0.777. The highest BCUT2D eigenvalue weighted by Gasteiger charge is 2.29. The van der Waals surface area contributed by atoms with Crippen molar-refractivity contribution in [3.05, 3.63) is 63.9 Å². The maximum atomic E-state index is 12.8. The van der Waals surface area contributed by atoms with Crippen LogP contribution in [0.2, 0.25) is 10.0 Å². The number of hydrogen-bond acceptors (Lipinski definition) is 4. The molecule has 3 amide bonds. The highest BCUT2D eigenvalue weighted by molar-refractivity contribution is 6.42. The monoisotopic (exact) mass is 462 g/mol. The smallest absolute Gasteiger partial charge is 0.253 e. The molecule has 1 atom stereocenters. The maximum Gasteiger partial charge on any atom is 0.253 e. The van der Waals surface area contributed by atoms with Gasteiger partial charge in [-0.1, -0.05) is 29.3 Å². The number of benzene rings is 1. The van der Waals surface area contributed by atoms with Gasteiger partial charge in [0.1, 0.15) is 0 Å². The largest absolute Gasteiger partial charge is 0.355 e. The van der Waals surface area contributed by atoms with E-state index in [2.05, 4.69) is 15.6 Å². The van der Waals surface area contributed by atoms with Crippen molar-refractivity contribution >= 4 is 40.9 Å². The molecule has 31 heavy (non-hydrogen) atoms. The van der Waals surface area contributed by atoms with Crippen LogP contribution in [0, 0.1) is 5.92 Å². The molecular weight excluding hydrogens is 439 g/mol. The van der Waals surface area contributed by atoms with Gasteiger partial charge in [0, 0.05) is 50.6 Å². The predicted molar refractivity (Wildman–Crippen MR) is 119 cm³/mol. The summed E-state index contributed by atoms with van der Waals surface area (Å²) in [6, 6.07) is 8.44. The van der Waals surface area contributed by atoms with Crippen LogP contribution in [0.15, 0.2) is 42.7 Å². The number of pyridine rings is 1. The van der Waals surface area contributed by atoms with E-state index < -0.39 is 0 Å². The summed E-state index contributed by atoms with van der Waals surface area (Å²) in [5.41, 5.74) is 1.36. The van der Waals surface area contributed by atoms with Gasteiger partial charge in [-0.2, -0.15) is 0 Å². The van der Waals surface area contributed by atoms with Crippen LogP contribution in [0.5, 0.6) is 0 Å². The zero-order valence-electron chi connectivity index (χ0n) is 16.9. The van der Waals surface area contributed by atoms with E-state index in [4.69, 9.17) is 23.2 Å². The van der Waals surface area contributed by atoms with E-state index in [0.717, 1.165) is 12.0 Å². The van der Waals surface area contributed by atoms with Crippen molar-refractivity contribution in [1.82, 2.24) is 20.5 Å². The molecule has 1 unspecified atom stereocenters. The lowest BCUT2D eigenvalue weighted by Crippen LogP contribution is -2.46. The second kappa shape index (κ2) is 11.1. The second-order valence-corrected chi connectivity index (χ2v) is 8.21. The van der Waals surface area contributed by atoms with Crippen molar-refractivity contribution < 1.29 is 14.4 Å². The SMILES string of the molecule is O=C(CCNC(=O)C1CCCN(C(=O)c2ccc(Cl)c(Cl)c2)C1)NCc1cccnc1. The zero-order valence-corrected chi connectivity index (χ0v) is 18.5. The van der Waals surface area contributed by atoms with Crippen LogP contribution in [-0.4, -0.2) is 47.2 Å². The molecule has 1 aliphatic rings. The molecule has 1 aromatic carbocycles. The first-order valence-electron chi connectivity index (χ1n) is 10.1. The number of aromatic nitrogens is 1. The number of nitrogens with zero attached hydrogens (tertiary/aromatic N) is 2. The van der Waals surface area contributed by atoms with Crippen molar-refractivity contribution in [3.63, 3.8) is 0 Å². The lowest BCUT2D eigenvalue weighted by Gasteiger charge is -2.32. The topological polar surface area (TPSA) is 91.4 Å². The fourth-order valence-electron chi connectivity index (χ4n) is 3.42. The van der Waals surface area contributed by atoms with Crippen LogP contribution >= 0.6 is 23.2 Å². The molecule has 2 aromatic rings. The number of piperidine rings is 1. The van der Waals surface area contributed by atoms with Gasteiger partial charge in [-0.05, 0) is 42.7 Å². The van der Waals surface area contributed by atoms with Crippen molar-refractivity contribution in [2.24, 2.45) is 5.92 Å². The van der Waals surface area contributed by atoms with Gasteiger partial charge in [0.2, 0.25) is 11.8 Å². The van der Waals surface area contributed by atoms with Crippen molar-refractivity contribution in [1.29, 1.82) is 0 Å². The fraction of sp³-hybridized carbons (Fsp3) is 0.364. The Hall–Kier alpha value is -2.64. The number of halogens is 2. The van der Waals surface area contributed by atoms with E-state index in [1.807, 2.05) is 6.07 Å². The van der Waals surface area contributed by atoms with E-state index in [9.17, 15) is 14.4 Å². The number of carbonyl (C=O) groups excluding carboxylic acids is 3. The standard InChI is InChI=1S/C22H24Cl2N4O3/c23-18-6-5-16(11-19(18)24)22(31)28-10-2-4-17(14-28)21(30)26-9-7-20(29)27-13-15-3-1-8-25-12-15/h1,3,5-6,8,11-12,17H,2,4,7,9-10,13-14H2,(H,26,30)(H,27,29). The third kappa shape index (κ3) is 6.67. The number of rotatable bonds is 7. The Bertz CT molecular complexity index is 940. The van der Waals surface area contributed by atoms with Gasteiger partial charge in [-0.15, -0.1) is 0 Å². The van der Waals surface area contributed by atoms with Crippen LogP contribution in [0.25, 0.3) is 0 Å². The van der Waals surface area contributed by atoms with Crippen molar-refractivity contribution in [2.45, 2.75) is 25.8 Å². The first-order chi connectivity index (χ1) is 14.9. The molecule has 164 valence electrons. The summed E-state index contributed by atoms with van der Waals surface area (Å²) in [6.07, 6.45) is 4.98. The highest BCUT2D eigenvalue weighted by atomic mass is 35.5. The van der Waals surface area contributed by atoms with Gasteiger partial charge in [0.05, 0.1) is 16.0 Å². The van der Waals surface area contributed by atoms with Crippen LogP contribution in [0.1, 0.15) is 35.2 Å². The molecule has 7 nitrogen and oxygen atoms in total. The van der Waals surface area contributed by atoms with Crippen LogP contribution in [0.3, 0.4) is 0 Å². The number of amides is 3. The minimum atomic E-state index is -0.307. The van der Waals surface area contributed by atoms with Gasteiger partial charge < -0.3 is 15.5 Å². The van der Waals surface area contributed by atoms with Gasteiger partial charge in [0.15, 0.2) is 0 Å². The fourth-order valence-corrected chi connectivity index (χ4v) is 3.72. The number of nitrogens with one attached hydrogen (secondary N) is 2. The molecule has 9 heteroatoms. The first kappa shape index (κ1) is 23.0. The summed E-state index contributed by atoms with van der Waals surface area (Å²) in [7, 11) is 0. The lowest BCUT2D eigenvalue weighted by molar-refractivity contribution is -0.126. The molecule has 1 aliphatic heterocycles. The minimum Gasteiger partial charge on any atom is -0.355 e. The third-order valence-corrected chi connectivity index (χ3v) is 5.85. The molecule has 0 saturated carbocycles. The number of carbonyl (C=O) groups is 3. The summed E-state index contributed by atoms with van der Waals surface area (Å²) >= 11 is 11.9. The minimum absolute atomic E-state index is 0.147. The quantitative estimate of drug-likeness (QED) is 0.661. The Kier molecular flexibility index (Phi) is 8.26. The van der Waals surface area contributed by atoms with E-state index in [1.165, 1.54) is 0 Å². The average Bonchev–Trinajstić information content (AvgIpc) is 2.79. The molecule has 1 fully saturated rings. The number of likely N-dealkylation sites (tertiary alicyclic amines) is 1. The Morgan fingerprint density at radius 1 is 1.13 bits per heavy atom. The van der Waals surface area contributed by atoms with Gasteiger partial charge in [0.25, 0.3) is 5.91 Å². The van der Waals surface area contributed by atoms with Crippen LogP contribution < -0.4 is 10.6 Å². The Balaban J connectivity index is 1.43. The summed E-state index contributed by atoms with van der Waals surface area (Å²) in [5, 5.41) is 6.31. The Morgan fingerprint density at radius 2 is 1.97 bits per heavy atom. The molecule has 1 saturated heterocycles. The first-order valence-corrected chi connectivity index (χ1v) is 10.9. The molecular formula is C22H24Cl2N4O3. The van der Waals surface area contributed by atoms with Crippen molar-refractivity contribution in [2.75, 3.05) is 19.6 Å². The lowest BCUT2D eigenvalue weighted by atomic mass is 9.96. The molecule has 2 heterocycles. The second-order valence-electron chi connectivity index (χ2n) is 7.40. The molecule has 3 rings (SSSR count).